The van der Waals surface area contributed by atoms with Crippen LogP contribution in [0, 0.1) is 5.92 Å². The molecule has 2 aliphatic heterocycles. The Labute approximate surface area is 195 Å². The van der Waals surface area contributed by atoms with E-state index in [2.05, 4.69) is 28.6 Å². The second-order valence-corrected chi connectivity index (χ2v) is 9.56. The lowest BCUT2D eigenvalue weighted by Gasteiger charge is -2.51. The Kier molecular flexibility index (Phi) is 8.75. The molecule has 0 aliphatic carbocycles. The molecule has 0 spiro atoms. The van der Waals surface area contributed by atoms with Gasteiger partial charge in [-0.15, -0.1) is 0 Å². The van der Waals surface area contributed by atoms with Gasteiger partial charge in [0.2, 0.25) is 5.91 Å². The van der Waals surface area contributed by atoms with Gasteiger partial charge in [0, 0.05) is 57.9 Å². The number of nitrogens with zero attached hydrogens (tertiary/aromatic N) is 4. The summed E-state index contributed by atoms with van der Waals surface area (Å²) in [5.41, 5.74) is -1.31. The lowest BCUT2D eigenvalue weighted by atomic mass is 9.86. The molecule has 2 aliphatic rings. The summed E-state index contributed by atoms with van der Waals surface area (Å²) < 4.78 is 45.5. The monoisotopic (exact) mass is 470 g/mol. The first-order valence-corrected chi connectivity index (χ1v) is 12.0. The molecule has 1 aromatic rings. The van der Waals surface area contributed by atoms with Crippen molar-refractivity contribution in [1.29, 1.82) is 0 Å². The summed E-state index contributed by atoms with van der Waals surface area (Å²) in [6.45, 7) is 12.4. The van der Waals surface area contributed by atoms with Crippen LogP contribution in [0.5, 0.6) is 0 Å². The minimum Gasteiger partial charge on any atom is -0.381 e. The molecular formula is C24H37F3N4O2. The molecule has 0 radical (unpaired) electrons. The van der Waals surface area contributed by atoms with E-state index in [0.29, 0.717) is 25.7 Å². The largest absolute Gasteiger partial charge is 0.433 e. The second kappa shape index (κ2) is 11.1. The molecular weight excluding hydrogens is 433 g/mol. The van der Waals surface area contributed by atoms with Crippen LogP contribution in [0.1, 0.15) is 52.1 Å². The highest BCUT2D eigenvalue weighted by Crippen LogP contribution is 2.33. The summed E-state index contributed by atoms with van der Waals surface area (Å²) in [5, 5.41) is 0. The van der Waals surface area contributed by atoms with Gasteiger partial charge < -0.3 is 9.64 Å². The van der Waals surface area contributed by atoms with Crippen LogP contribution < -0.4 is 4.90 Å². The number of rotatable bonds is 8. The smallest absolute Gasteiger partial charge is 0.381 e. The van der Waals surface area contributed by atoms with Gasteiger partial charge in [-0.05, 0) is 43.9 Å². The van der Waals surface area contributed by atoms with Crippen LogP contribution in [0.25, 0.3) is 0 Å². The third-order valence-electron chi connectivity index (χ3n) is 6.85. The maximum absolute atomic E-state index is 13.3. The number of amides is 1. The van der Waals surface area contributed by atoms with E-state index >= 15 is 0 Å². The molecule has 3 heterocycles. The fraction of sp³-hybridized carbons (Fsp3) is 0.750. The Morgan fingerprint density at radius 2 is 1.85 bits per heavy atom. The van der Waals surface area contributed by atoms with Gasteiger partial charge in [-0.1, -0.05) is 26.8 Å². The molecule has 9 heteroatoms. The van der Waals surface area contributed by atoms with Crippen LogP contribution in [0.3, 0.4) is 0 Å². The van der Waals surface area contributed by atoms with E-state index in [1.165, 1.54) is 23.5 Å². The van der Waals surface area contributed by atoms with Gasteiger partial charge in [0.25, 0.3) is 0 Å². The van der Waals surface area contributed by atoms with E-state index in [4.69, 9.17) is 4.74 Å². The number of hydrogen-bond acceptors (Lipinski definition) is 5. The van der Waals surface area contributed by atoms with Gasteiger partial charge in [-0.25, -0.2) is 4.98 Å². The molecule has 2 fully saturated rings. The van der Waals surface area contributed by atoms with Gasteiger partial charge in [0.05, 0.1) is 0 Å². The Bertz CT molecular complexity index is 773. The second-order valence-electron chi connectivity index (χ2n) is 9.56. The average Bonchev–Trinajstić information content (AvgIpc) is 2.81. The van der Waals surface area contributed by atoms with Crippen LogP contribution in [0.2, 0.25) is 0 Å². The molecule has 0 unspecified atom stereocenters. The summed E-state index contributed by atoms with van der Waals surface area (Å²) in [7, 11) is 0. The van der Waals surface area contributed by atoms with Crippen LogP contribution in [-0.2, 0) is 15.7 Å². The number of halogens is 3. The van der Waals surface area contributed by atoms with Crippen LogP contribution in [0.15, 0.2) is 18.2 Å². The predicted octanol–water partition coefficient (Wildman–Crippen LogP) is 4.06. The molecule has 0 saturated carbocycles. The molecule has 6 nitrogen and oxygen atoms in total. The lowest BCUT2D eigenvalue weighted by Crippen LogP contribution is -2.63. The van der Waals surface area contributed by atoms with Crippen molar-refractivity contribution >= 4 is 11.7 Å². The number of alkyl halides is 3. The highest BCUT2D eigenvalue weighted by molar-refractivity contribution is 5.92. The van der Waals surface area contributed by atoms with Gasteiger partial charge in [-0.3, -0.25) is 14.6 Å². The molecule has 0 aromatic carbocycles. The Morgan fingerprint density at radius 1 is 1.18 bits per heavy atom. The normalized spacial score (nSPS) is 20.2. The number of ether oxygens (including phenoxy) is 1. The number of carbonyl (C=O) groups is 1. The Balaban J connectivity index is 1.82. The summed E-state index contributed by atoms with van der Waals surface area (Å²) >= 11 is 0. The highest BCUT2D eigenvalue weighted by Gasteiger charge is 2.43. The summed E-state index contributed by atoms with van der Waals surface area (Å²) in [4.78, 5) is 23.1. The van der Waals surface area contributed by atoms with Crippen molar-refractivity contribution in [3.8, 4) is 0 Å². The third kappa shape index (κ3) is 6.67. The first-order valence-electron chi connectivity index (χ1n) is 12.0. The van der Waals surface area contributed by atoms with Gasteiger partial charge in [0.1, 0.15) is 11.5 Å². The first kappa shape index (κ1) is 25.9. The van der Waals surface area contributed by atoms with E-state index in [1.54, 1.807) is 6.92 Å². The first-order chi connectivity index (χ1) is 15.6. The number of piperazine rings is 1. The van der Waals surface area contributed by atoms with Gasteiger partial charge >= 0.3 is 6.18 Å². The van der Waals surface area contributed by atoms with E-state index in [1.807, 2.05) is 0 Å². The van der Waals surface area contributed by atoms with Gasteiger partial charge in [0.15, 0.2) is 0 Å². The minimum absolute atomic E-state index is 0.0677. The zero-order chi connectivity index (χ0) is 24.1. The third-order valence-corrected chi connectivity index (χ3v) is 6.85. The molecule has 1 amide bonds. The number of hydrogen-bond donors (Lipinski definition) is 0. The molecule has 3 rings (SSSR count). The van der Waals surface area contributed by atoms with Crippen molar-refractivity contribution in [2.75, 3.05) is 57.4 Å². The maximum atomic E-state index is 13.3. The minimum atomic E-state index is -4.56. The molecule has 1 aromatic heterocycles. The molecule has 186 valence electrons. The van der Waals surface area contributed by atoms with Crippen molar-refractivity contribution in [3.05, 3.63) is 23.9 Å². The maximum Gasteiger partial charge on any atom is 0.433 e. The fourth-order valence-electron chi connectivity index (χ4n) is 4.73. The van der Waals surface area contributed by atoms with Gasteiger partial charge in [-0.2, -0.15) is 13.2 Å². The molecule has 0 bridgehead atoms. The average molecular weight is 471 g/mol. The quantitative estimate of drug-likeness (QED) is 0.574. The Morgan fingerprint density at radius 3 is 2.42 bits per heavy atom. The fourth-order valence-corrected chi connectivity index (χ4v) is 4.73. The zero-order valence-electron chi connectivity index (χ0n) is 20.0. The summed E-state index contributed by atoms with van der Waals surface area (Å²) in [5.74, 6) is 0.514. The summed E-state index contributed by atoms with van der Waals surface area (Å²) in [6.07, 6.45) is -1.71. The SMILES string of the molecule is CCC(=O)N(CC1(N2CCN(CCC(C)C)CC2)CCOCC1)c1cccc(C(F)(F)F)n1. The zero-order valence-corrected chi connectivity index (χ0v) is 20.0. The number of anilines is 1. The van der Waals surface area contributed by atoms with Crippen molar-refractivity contribution in [2.24, 2.45) is 5.92 Å². The Hall–Kier alpha value is -1.71. The number of aromatic nitrogens is 1. The van der Waals surface area contributed by atoms with E-state index < -0.39 is 11.9 Å². The number of pyridine rings is 1. The van der Waals surface area contributed by atoms with Crippen LogP contribution in [-0.4, -0.2) is 78.7 Å². The van der Waals surface area contributed by atoms with E-state index in [9.17, 15) is 18.0 Å². The predicted molar refractivity (Wildman–Crippen MR) is 122 cm³/mol. The van der Waals surface area contributed by atoms with Crippen molar-refractivity contribution in [2.45, 2.75) is 58.2 Å². The lowest BCUT2D eigenvalue weighted by molar-refractivity contribution is -0.141. The van der Waals surface area contributed by atoms with Crippen molar-refractivity contribution in [1.82, 2.24) is 14.8 Å². The highest BCUT2D eigenvalue weighted by atomic mass is 19.4. The molecule has 33 heavy (non-hydrogen) atoms. The van der Waals surface area contributed by atoms with E-state index in [-0.39, 0.29) is 23.7 Å². The molecule has 0 atom stereocenters. The van der Waals surface area contributed by atoms with Crippen molar-refractivity contribution < 1.29 is 22.7 Å². The molecule has 0 N–H and O–H groups in total. The number of carbonyl (C=O) groups excluding carboxylic acids is 1. The van der Waals surface area contributed by atoms with Crippen molar-refractivity contribution in [3.63, 3.8) is 0 Å². The topological polar surface area (TPSA) is 48.9 Å². The standard InChI is InChI=1S/C24H37F3N4O2/c1-4-22(32)31(21-7-5-6-20(28-21)24(25,26)27)18-23(9-16-33-17-10-23)30-14-12-29(13-15-30)11-8-19(2)3/h5-7,19H,4,8-18H2,1-3H3. The summed E-state index contributed by atoms with van der Waals surface area (Å²) in [6, 6.07) is 3.77. The van der Waals surface area contributed by atoms with Crippen LogP contribution in [0.4, 0.5) is 19.0 Å². The van der Waals surface area contributed by atoms with E-state index in [0.717, 1.165) is 51.6 Å². The molecule has 2 saturated heterocycles. The van der Waals surface area contributed by atoms with Crippen LogP contribution >= 0.6 is 0 Å².